The molecule has 3 fully saturated rings. The molecule has 1 N–H and O–H groups in total. The van der Waals surface area contributed by atoms with Gasteiger partial charge in [-0.05, 0) is 24.8 Å². The Labute approximate surface area is 147 Å². The van der Waals surface area contributed by atoms with Gasteiger partial charge in [0.2, 0.25) is 17.7 Å². The lowest BCUT2D eigenvalue weighted by molar-refractivity contribution is -0.138. The number of rotatable bonds is 2. The molecule has 0 bridgehead atoms. The first-order valence-electron chi connectivity index (χ1n) is 9.25. The van der Waals surface area contributed by atoms with Gasteiger partial charge in [-0.25, -0.2) is 0 Å². The first-order valence-corrected chi connectivity index (χ1v) is 9.25. The molecule has 1 aromatic rings. The molecule has 1 aliphatic carbocycles. The van der Waals surface area contributed by atoms with Crippen molar-refractivity contribution in [3.63, 3.8) is 0 Å². The van der Waals surface area contributed by atoms with Crippen molar-refractivity contribution in [1.29, 1.82) is 0 Å². The Hall–Kier alpha value is -2.17. The summed E-state index contributed by atoms with van der Waals surface area (Å²) in [5.41, 5.74) is -0.0729. The fourth-order valence-corrected chi connectivity index (χ4v) is 4.91. The number of nitrogens with zero attached hydrogens (tertiary/aromatic N) is 1. The third kappa shape index (κ3) is 2.57. The van der Waals surface area contributed by atoms with E-state index in [4.69, 9.17) is 0 Å². The number of likely N-dealkylation sites (tertiary alicyclic amines) is 1. The number of hydrogen-bond donors (Lipinski definition) is 1. The molecule has 5 nitrogen and oxygen atoms in total. The first kappa shape index (κ1) is 16.3. The second kappa shape index (κ2) is 5.97. The summed E-state index contributed by atoms with van der Waals surface area (Å²) < 4.78 is 0. The van der Waals surface area contributed by atoms with E-state index in [-0.39, 0.29) is 24.1 Å². The topological polar surface area (TPSA) is 66.5 Å². The van der Waals surface area contributed by atoms with Crippen LogP contribution in [-0.2, 0) is 19.8 Å². The summed E-state index contributed by atoms with van der Waals surface area (Å²) in [6.45, 7) is 0.937. The van der Waals surface area contributed by atoms with Crippen molar-refractivity contribution >= 4 is 17.7 Å². The molecule has 0 unspecified atom stereocenters. The predicted octanol–water partition coefficient (Wildman–Crippen LogP) is 2.15. The summed E-state index contributed by atoms with van der Waals surface area (Å²) in [5, 5.41) is 2.41. The minimum atomic E-state index is -0.695. The van der Waals surface area contributed by atoms with Crippen molar-refractivity contribution in [2.75, 3.05) is 13.1 Å². The molecule has 3 aliphatic rings. The van der Waals surface area contributed by atoms with E-state index in [0.29, 0.717) is 19.5 Å². The van der Waals surface area contributed by atoms with E-state index in [1.807, 2.05) is 23.1 Å². The second-order valence-electron chi connectivity index (χ2n) is 7.82. The molecular weight excluding hydrogens is 316 g/mol. The van der Waals surface area contributed by atoms with Gasteiger partial charge in [0.15, 0.2) is 0 Å². The average Bonchev–Trinajstić information content (AvgIpc) is 3.19. The molecule has 1 aromatic carbocycles. The maximum atomic E-state index is 13.6. The van der Waals surface area contributed by atoms with Crippen LogP contribution in [0.3, 0.4) is 0 Å². The van der Waals surface area contributed by atoms with Gasteiger partial charge in [-0.1, -0.05) is 49.6 Å². The van der Waals surface area contributed by atoms with Gasteiger partial charge in [0.1, 0.15) is 0 Å². The summed E-state index contributed by atoms with van der Waals surface area (Å²) in [7, 11) is 0. The van der Waals surface area contributed by atoms with Crippen molar-refractivity contribution in [3.8, 4) is 0 Å². The van der Waals surface area contributed by atoms with Crippen LogP contribution in [-0.4, -0.2) is 35.7 Å². The number of imide groups is 1. The molecule has 1 spiro atoms. The maximum Gasteiger partial charge on any atom is 0.235 e. The quantitative estimate of drug-likeness (QED) is 0.839. The molecule has 1 atom stereocenters. The number of benzene rings is 1. The molecule has 2 saturated heterocycles. The van der Waals surface area contributed by atoms with E-state index in [2.05, 4.69) is 17.4 Å². The van der Waals surface area contributed by atoms with Gasteiger partial charge < -0.3 is 4.90 Å². The predicted molar refractivity (Wildman–Crippen MR) is 92.6 cm³/mol. The van der Waals surface area contributed by atoms with Crippen molar-refractivity contribution in [2.45, 2.75) is 50.4 Å². The van der Waals surface area contributed by atoms with Crippen molar-refractivity contribution in [2.24, 2.45) is 5.41 Å². The van der Waals surface area contributed by atoms with E-state index in [0.717, 1.165) is 31.2 Å². The molecule has 5 heteroatoms. The van der Waals surface area contributed by atoms with Gasteiger partial charge in [0, 0.05) is 19.5 Å². The van der Waals surface area contributed by atoms with Gasteiger partial charge in [-0.15, -0.1) is 0 Å². The van der Waals surface area contributed by atoms with Crippen LogP contribution < -0.4 is 5.32 Å². The Morgan fingerprint density at radius 1 is 1.00 bits per heavy atom. The van der Waals surface area contributed by atoms with Gasteiger partial charge in [-0.2, -0.15) is 0 Å². The number of carbonyl (C=O) groups is 3. The van der Waals surface area contributed by atoms with Crippen LogP contribution in [0.15, 0.2) is 30.3 Å². The number of amides is 3. The monoisotopic (exact) mass is 340 g/mol. The van der Waals surface area contributed by atoms with Crippen LogP contribution in [0.2, 0.25) is 0 Å². The largest absolute Gasteiger partial charge is 0.341 e. The first-order chi connectivity index (χ1) is 12.1. The zero-order valence-electron chi connectivity index (χ0n) is 14.4. The summed E-state index contributed by atoms with van der Waals surface area (Å²) in [6.07, 6.45) is 5.81. The zero-order valence-corrected chi connectivity index (χ0v) is 14.4. The van der Waals surface area contributed by atoms with Crippen LogP contribution in [0.4, 0.5) is 0 Å². The Morgan fingerprint density at radius 2 is 1.72 bits per heavy atom. The minimum absolute atomic E-state index is 0.141. The lowest BCUT2D eigenvalue weighted by Gasteiger charge is -2.39. The summed E-state index contributed by atoms with van der Waals surface area (Å²) in [5.74, 6) is -0.276. The van der Waals surface area contributed by atoms with Crippen molar-refractivity contribution in [1.82, 2.24) is 10.2 Å². The van der Waals surface area contributed by atoms with E-state index in [9.17, 15) is 14.4 Å². The SMILES string of the molecule is O=C1C[C@]2(CCN(C(=O)C3(c4ccccc4)CCCCC3)C2)C(=O)N1. The van der Waals surface area contributed by atoms with E-state index >= 15 is 0 Å². The normalized spacial score (nSPS) is 28.4. The zero-order chi connectivity index (χ0) is 17.5. The Bertz CT molecular complexity index is 709. The minimum Gasteiger partial charge on any atom is -0.341 e. The van der Waals surface area contributed by atoms with Gasteiger partial charge in [0.05, 0.1) is 10.8 Å². The number of hydrogen-bond acceptors (Lipinski definition) is 3. The molecule has 4 rings (SSSR count). The molecule has 3 amide bonds. The highest BCUT2D eigenvalue weighted by Crippen LogP contribution is 2.44. The van der Waals surface area contributed by atoms with Crippen LogP contribution in [0.1, 0.15) is 50.5 Å². The van der Waals surface area contributed by atoms with Crippen LogP contribution in [0, 0.1) is 5.41 Å². The van der Waals surface area contributed by atoms with E-state index in [1.165, 1.54) is 6.42 Å². The lowest BCUT2D eigenvalue weighted by Crippen LogP contribution is -2.48. The highest BCUT2D eigenvalue weighted by atomic mass is 16.2. The molecule has 132 valence electrons. The number of nitrogens with one attached hydrogen (secondary N) is 1. The summed E-state index contributed by atoms with van der Waals surface area (Å²) >= 11 is 0. The Balaban J connectivity index is 1.62. The molecular formula is C20H24N2O3. The molecule has 25 heavy (non-hydrogen) atoms. The van der Waals surface area contributed by atoms with Gasteiger partial charge in [0.25, 0.3) is 0 Å². The standard InChI is InChI=1S/C20H24N2O3/c23-16-13-19(17(24)21-16)11-12-22(14-19)18(25)20(9-5-2-6-10-20)15-7-3-1-4-8-15/h1,3-4,7-8H,2,5-6,9-14H2,(H,21,23,24)/t19-/m0/s1. The highest BCUT2D eigenvalue weighted by molar-refractivity contribution is 6.06. The fourth-order valence-electron chi connectivity index (χ4n) is 4.91. The molecule has 0 aromatic heterocycles. The van der Waals surface area contributed by atoms with E-state index in [1.54, 1.807) is 0 Å². The van der Waals surface area contributed by atoms with Crippen molar-refractivity contribution < 1.29 is 14.4 Å². The Morgan fingerprint density at radius 3 is 2.36 bits per heavy atom. The van der Waals surface area contributed by atoms with E-state index < -0.39 is 10.8 Å². The third-order valence-electron chi connectivity index (χ3n) is 6.32. The smallest absolute Gasteiger partial charge is 0.235 e. The Kier molecular flexibility index (Phi) is 3.89. The third-order valence-corrected chi connectivity index (χ3v) is 6.32. The molecule has 2 aliphatic heterocycles. The maximum absolute atomic E-state index is 13.6. The van der Waals surface area contributed by atoms with Crippen LogP contribution >= 0.6 is 0 Å². The number of carbonyl (C=O) groups excluding carboxylic acids is 3. The molecule has 2 heterocycles. The van der Waals surface area contributed by atoms with Crippen LogP contribution in [0.25, 0.3) is 0 Å². The highest BCUT2D eigenvalue weighted by Gasteiger charge is 2.54. The summed E-state index contributed by atoms with van der Waals surface area (Å²) in [4.78, 5) is 39.3. The average molecular weight is 340 g/mol. The van der Waals surface area contributed by atoms with Crippen molar-refractivity contribution in [3.05, 3.63) is 35.9 Å². The molecule has 0 radical (unpaired) electrons. The fraction of sp³-hybridized carbons (Fsp3) is 0.550. The summed E-state index contributed by atoms with van der Waals surface area (Å²) in [6, 6.07) is 10.1. The van der Waals surface area contributed by atoms with Gasteiger partial charge >= 0.3 is 0 Å². The second-order valence-corrected chi connectivity index (χ2v) is 7.82. The molecule has 1 saturated carbocycles. The van der Waals surface area contributed by atoms with Crippen LogP contribution in [0.5, 0.6) is 0 Å². The van der Waals surface area contributed by atoms with Gasteiger partial charge in [-0.3, -0.25) is 19.7 Å². The lowest BCUT2D eigenvalue weighted by atomic mass is 9.68.